The van der Waals surface area contributed by atoms with E-state index in [0.29, 0.717) is 11.3 Å². The number of benzene rings is 2. The number of amides is 1. The van der Waals surface area contributed by atoms with E-state index in [2.05, 4.69) is 5.32 Å². The molecule has 120 valence electrons. The molecule has 2 aromatic rings. The Morgan fingerprint density at radius 3 is 2.70 bits per heavy atom. The molecule has 0 aliphatic rings. The third-order valence-electron chi connectivity index (χ3n) is 3.15. The number of halogens is 1. The largest absolute Gasteiger partial charge is 0.325 e. The highest BCUT2D eigenvalue weighted by Gasteiger charge is 2.15. The molecule has 7 heteroatoms. The lowest BCUT2D eigenvalue weighted by atomic mass is 10.1. The van der Waals surface area contributed by atoms with Gasteiger partial charge in [0, 0.05) is 23.9 Å². The Kier molecular flexibility index (Phi) is 5.37. The fourth-order valence-electron chi connectivity index (χ4n) is 2.18. The number of hydrogen-bond donors (Lipinski definition) is 1. The van der Waals surface area contributed by atoms with Crippen molar-refractivity contribution in [3.8, 4) is 0 Å². The van der Waals surface area contributed by atoms with Gasteiger partial charge in [0.25, 0.3) is 5.69 Å². The predicted octanol–water partition coefficient (Wildman–Crippen LogP) is 2.80. The molecule has 1 N–H and O–H groups in total. The Balaban J connectivity index is 1.95. The Morgan fingerprint density at radius 1 is 1.26 bits per heavy atom. The van der Waals surface area contributed by atoms with Crippen molar-refractivity contribution in [1.82, 2.24) is 4.90 Å². The van der Waals surface area contributed by atoms with Crippen LogP contribution in [0.3, 0.4) is 0 Å². The van der Waals surface area contributed by atoms with Crippen LogP contribution in [0.15, 0.2) is 48.5 Å². The molecule has 0 unspecified atom stereocenters. The first-order valence-corrected chi connectivity index (χ1v) is 6.92. The normalized spacial score (nSPS) is 10.6. The first kappa shape index (κ1) is 16.6. The maximum Gasteiger partial charge on any atom is 0.273 e. The zero-order chi connectivity index (χ0) is 16.8. The first-order valence-electron chi connectivity index (χ1n) is 6.92. The average Bonchev–Trinajstić information content (AvgIpc) is 2.47. The number of carbonyl (C=O) groups is 1. The molecule has 0 heterocycles. The van der Waals surface area contributed by atoms with E-state index in [-0.39, 0.29) is 24.7 Å². The van der Waals surface area contributed by atoms with Gasteiger partial charge >= 0.3 is 0 Å². The molecule has 23 heavy (non-hydrogen) atoms. The number of nitro benzene ring substituents is 1. The third kappa shape index (κ3) is 4.86. The molecular formula is C16H16FN3O3. The third-order valence-corrected chi connectivity index (χ3v) is 3.15. The number of nitrogens with zero attached hydrogens (tertiary/aromatic N) is 2. The summed E-state index contributed by atoms with van der Waals surface area (Å²) in [6.07, 6.45) is 0. The molecule has 0 aromatic heterocycles. The molecule has 1 amide bonds. The molecule has 0 saturated carbocycles. The summed E-state index contributed by atoms with van der Waals surface area (Å²) < 4.78 is 13.1. The number of nitrogens with one attached hydrogen (secondary N) is 1. The van der Waals surface area contributed by atoms with Crippen molar-refractivity contribution < 1.29 is 14.1 Å². The van der Waals surface area contributed by atoms with Gasteiger partial charge in [-0.25, -0.2) is 4.39 Å². The van der Waals surface area contributed by atoms with Gasteiger partial charge in [-0.2, -0.15) is 0 Å². The Hall–Kier alpha value is -2.80. The van der Waals surface area contributed by atoms with E-state index >= 15 is 0 Å². The fraction of sp³-hybridized carbons (Fsp3) is 0.188. The van der Waals surface area contributed by atoms with E-state index in [4.69, 9.17) is 0 Å². The number of nitro groups is 1. The molecule has 0 atom stereocenters. The minimum atomic E-state index is -0.448. The number of para-hydroxylation sites is 1. The van der Waals surface area contributed by atoms with Gasteiger partial charge in [0.05, 0.1) is 11.5 Å². The molecule has 0 aliphatic carbocycles. The maximum atomic E-state index is 13.1. The van der Waals surface area contributed by atoms with Gasteiger partial charge in [-0.15, -0.1) is 0 Å². The van der Waals surface area contributed by atoms with Crippen molar-refractivity contribution in [2.24, 2.45) is 0 Å². The van der Waals surface area contributed by atoms with Gasteiger partial charge in [-0.05, 0) is 25.2 Å². The van der Waals surface area contributed by atoms with Crippen LogP contribution < -0.4 is 5.32 Å². The molecule has 0 aliphatic heterocycles. The fourth-order valence-corrected chi connectivity index (χ4v) is 2.18. The van der Waals surface area contributed by atoms with Gasteiger partial charge in [-0.1, -0.05) is 24.3 Å². The summed E-state index contributed by atoms with van der Waals surface area (Å²) in [5.74, 6) is -0.757. The van der Waals surface area contributed by atoms with Crippen molar-refractivity contribution in [1.29, 1.82) is 0 Å². The summed E-state index contributed by atoms with van der Waals surface area (Å²) in [7, 11) is 1.68. The molecule has 0 bridgehead atoms. The number of anilines is 1. The van der Waals surface area contributed by atoms with Gasteiger partial charge in [0.15, 0.2) is 0 Å². The Bertz CT molecular complexity index is 721. The summed E-state index contributed by atoms with van der Waals surface area (Å²) >= 11 is 0. The van der Waals surface area contributed by atoms with Crippen LogP contribution in [0, 0.1) is 15.9 Å². The lowest BCUT2D eigenvalue weighted by Gasteiger charge is -2.16. The van der Waals surface area contributed by atoms with Gasteiger partial charge < -0.3 is 5.32 Å². The minimum Gasteiger partial charge on any atom is -0.325 e. The van der Waals surface area contributed by atoms with E-state index < -0.39 is 10.7 Å². The van der Waals surface area contributed by atoms with Crippen molar-refractivity contribution in [3.05, 3.63) is 70.0 Å². The van der Waals surface area contributed by atoms with Crippen LogP contribution in [0.25, 0.3) is 0 Å². The van der Waals surface area contributed by atoms with Crippen molar-refractivity contribution in [2.75, 3.05) is 18.9 Å². The standard InChI is InChI=1S/C16H16FN3O3/c1-19(10-12-5-2-3-8-15(12)20(22)23)11-16(21)18-14-7-4-6-13(17)9-14/h2-9H,10-11H2,1H3,(H,18,21). The van der Waals surface area contributed by atoms with Crippen molar-refractivity contribution in [2.45, 2.75) is 6.54 Å². The molecule has 6 nitrogen and oxygen atoms in total. The number of rotatable bonds is 6. The SMILES string of the molecule is CN(CC(=O)Nc1cccc(F)c1)Cc1ccccc1[N+](=O)[O-]. The molecule has 0 spiro atoms. The van der Waals surface area contributed by atoms with Crippen LogP contribution in [0.2, 0.25) is 0 Å². The smallest absolute Gasteiger partial charge is 0.273 e. The predicted molar refractivity (Wildman–Crippen MR) is 84.5 cm³/mol. The van der Waals surface area contributed by atoms with Crippen molar-refractivity contribution >= 4 is 17.3 Å². The zero-order valence-corrected chi connectivity index (χ0v) is 12.5. The number of carbonyl (C=O) groups excluding carboxylic acids is 1. The zero-order valence-electron chi connectivity index (χ0n) is 12.5. The highest BCUT2D eigenvalue weighted by molar-refractivity contribution is 5.92. The van der Waals surface area contributed by atoms with Crippen LogP contribution >= 0.6 is 0 Å². The monoisotopic (exact) mass is 317 g/mol. The molecular weight excluding hydrogens is 301 g/mol. The second-order valence-electron chi connectivity index (χ2n) is 5.12. The Labute approximate surface area is 132 Å². The summed E-state index contributed by atoms with van der Waals surface area (Å²) in [4.78, 5) is 24.1. The van der Waals surface area contributed by atoms with Crippen LogP contribution in [-0.4, -0.2) is 29.3 Å². The molecule has 2 aromatic carbocycles. The summed E-state index contributed by atoms with van der Waals surface area (Å²) in [5, 5.41) is 13.6. The van der Waals surface area contributed by atoms with E-state index in [9.17, 15) is 19.3 Å². The number of likely N-dealkylation sites (N-methyl/N-ethyl adjacent to an activating group) is 1. The number of hydrogen-bond acceptors (Lipinski definition) is 4. The van der Waals surface area contributed by atoms with Crippen LogP contribution in [-0.2, 0) is 11.3 Å². The maximum absolute atomic E-state index is 13.1. The van der Waals surface area contributed by atoms with Crippen LogP contribution in [0.1, 0.15) is 5.56 Å². The van der Waals surface area contributed by atoms with E-state index in [1.807, 2.05) is 0 Å². The summed E-state index contributed by atoms with van der Waals surface area (Å²) in [6.45, 7) is 0.288. The van der Waals surface area contributed by atoms with E-state index in [1.165, 1.54) is 24.3 Å². The van der Waals surface area contributed by atoms with E-state index in [0.717, 1.165) is 0 Å². The van der Waals surface area contributed by atoms with Crippen LogP contribution in [0.5, 0.6) is 0 Å². The topological polar surface area (TPSA) is 75.5 Å². The lowest BCUT2D eigenvalue weighted by Crippen LogP contribution is -2.30. The Morgan fingerprint density at radius 2 is 2.00 bits per heavy atom. The van der Waals surface area contributed by atoms with Crippen LogP contribution in [0.4, 0.5) is 15.8 Å². The molecule has 0 saturated heterocycles. The van der Waals surface area contributed by atoms with Gasteiger partial charge in [0.1, 0.15) is 5.82 Å². The summed E-state index contributed by atoms with van der Waals surface area (Å²) in [6, 6.07) is 12.0. The highest BCUT2D eigenvalue weighted by atomic mass is 19.1. The lowest BCUT2D eigenvalue weighted by molar-refractivity contribution is -0.385. The second kappa shape index (κ2) is 7.46. The summed E-state index contributed by atoms with van der Waals surface area (Å²) in [5.41, 5.74) is 0.914. The highest BCUT2D eigenvalue weighted by Crippen LogP contribution is 2.19. The first-order chi connectivity index (χ1) is 11.0. The quantitative estimate of drug-likeness (QED) is 0.656. The molecule has 0 fully saturated rings. The molecule has 0 radical (unpaired) electrons. The average molecular weight is 317 g/mol. The van der Waals surface area contributed by atoms with Crippen molar-refractivity contribution in [3.63, 3.8) is 0 Å². The van der Waals surface area contributed by atoms with Gasteiger partial charge in [-0.3, -0.25) is 19.8 Å². The molecule has 2 rings (SSSR count). The minimum absolute atomic E-state index is 0.0184. The second-order valence-corrected chi connectivity index (χ2v) is 5.12. The van der Waals surface area contributed by atoms with E-state index in [1.54, 1.807) is 36.2 Å². The van der Waals surface area contributed by atoms with Gasteiger partial charge in [0.2, 0.25) is 5.91 Å².